The molecule has 108 valence electrons. The molecule has 0 unspecified atom stereocenters. The van der Waals surface area contributed by atoms with E-state index in [0.717, 1.165) is 23.1 Å². The molecule has 0 atom stereocenters. The number of nitrogens with two attached hydrogens (primary N) is 1. The van der Waals surface area contributed by atoms with Crippen LogP contribution in [0.15, 0.2) is 30.3 Å². The van der Waals surface area contributed by atoms with Crippen molar-refractivity contribution in [2.75, 3.05) is 19.8 Å². The van der Waals surface area contributed by atoms with Crippen molar-refractivity contribution in [3.8, 4) is 5.88 Å². The maximum absolute atomic E-state index is 5.75. The highest BCUT2D eigenvalue weighted by Gasteiger charge is 2.06. The first-order valence-electron chi connectivity index (χ1n) is 7.00. The van der Waals surface area contributed by atoms with Crippen LogP contribution in [-0.4, -0.2) is 24.8 Å². The van der Waals surface area contributed by atoms with Crippen molar-refractivity contribution in [3.63, 3.8) is 0 Å². The molecule has 0 aliphatic heterocycles. The van der Waals surface area contributed by atoms with E-state index < -0.39 is 0 Å². The molecule has 0 fully saturated rings. The van der Waals surface area contributed by atoms with Gasteiger partial charge in [0.05, 0.1) is 12.3 Å². The first kappa shape index (κ1) is 14.8. The molecule has 1 aromatic heterocycles. The summed E-state index contributed by atoms with van der Waals surface area (Å²) in [7, 11) is 0. The van der Waals surface area contributed by atoms with Gasteiger partial charge in [0, 0.05) is 18.5 Å². The molecule has 0 spiro atoms. The van der Waals surface area contributed by atoms with Crippen LogP contribution in [0, 0.1) is 5.92 Å². The van der Waals surface area contributed by atoms with E-state index in [2.05, 4.69) is 18.8 Å². The minimum Gasteiger partial charge on any atom is -0.475 e. The molecular formula is C16H22N2O2. The van der Waals surface area contributed by atoms with Gasteiger partial charge in [0.25, 0.3) is 0 Å². The van der Waals surface area contributed by atoms with Gasteiger partial charge < -0.3 is 15.2 Å². The highest BCUT2D eigenvalue weighted by molar-refractivity contribution is 5.87. The summed E-state index contributed by atoms with van der Waals surface area (Å²) in [6, 6.07) is 10.0. The van der Waals surface area contributed by atoms with E-state index in [1.54, 1.807) is 0 Å². The molecule has 0 aliphatic carbocycles. The number of aromatic nitrogens is 1. The van der Waals surface area contributed by atoms with Gasteiger partial charge in [-0.1, -0.05) is 32.0 Å². The molecule has 2 N–H and O–H groups in total. The van der Waals surface area contributed by atoms with Crippen LogP contribution in [0.25, 0.3) is 10.8 Å². The Balaban J connectivity index is 2.04. The van der Waals surface area contributed by atoms with E-state index >= 15 is 0 Å². The maximum atomic E-state index is 5.75. The fourth-order valence-electron chi connectivity index (χ4n) is 1.95. The van der Waals surface area contributed by atoms with Gasteiger partial charge in [0.2, 0.25) is 5.88 Å². The van der Waals surface area contributed by atoms with Crippen LogP contribution < -0.4 is 10.5 Å². The van der Waals surface area contributed by atoms with Crippen molar-refractivity contribution in [3.05, 3.63) is 36.0 Å². The molecule has 0 aliphatic rings. The smallest absolute Gasteiger partial charge is 0.221 e. The topological polar surface area (TPSA) is 57.4 Å². The second kappa shape index (κ2) is 7.22. The van der Waals surface area contributed by atoms with Gasteiger partial charge >= 0.3 is 0 Å². The second-order valence-electron chi connectivity index (χ2n) is 5.16. The molecule has 4 heteroatoms. The van der Waals surface area contributed by atoms with Crippen LogP contribution in [0.5, 0.6) is 5.88 Å². The van der Waals surface area contributed by atoms with E-state index in [4.69, 9.17) is 15.2 Å². The monoisotopic (exact) mass is 274 g/mol. The summed E-state index contributed by atoms with van der Waals surface area (Å²) >= 11 is 0. The predicted octanol–water partition coefficient (Wildman–Crippen LogP) is 2.74. The van der Waals surface area contributed by atoms with Crippen LogP contribution in [0.3, 0.4) is 0 Å². The molecule has 4 nitrogen and oxygen atoms in total. The van der Waals surface area contributed by atoms with Crippen molar-refractivity contribution in [2.45, 2.75) is 20.4 Å². The van der Waals surface area contributed by atoms with Gasteiger partial charge in [-0.15, -0.1) is 0 Å². The van der Waals surface area contributed by atoms with Crippen LogP contribution in [0.1, 0.15) is 19.5 Å². The Kier molecular flexibility index (Phi) is 5.32. The maximum Gasteiger partial charge on any atom is 0.221 e. The van der Waals surface area contributed by atoms with E-state index in [0.29, 0.717) is 31.6 Å². The first-order valence-corrected chi connectivity index (χ1v) is 7.00. The van der Waals surface area contributed by atoms with Crippen LogP contribution in [-0.2, 0) is 11.3 Å². The molecule has 20 heavy (non-hydrogen) atoms. The third-order valence-electron chi connectivity index (χ3n) is 2.89. The van der Waals surface area contributed by atoms with Crippen LogP contribution in [0.2, 0.25) is 0 Å². The van der Waals surface area contributed by atoms with Crippen molar-refractivity contribution >= 4 is 10.8 Å². The summed E-state index contributed by atoms with van der Waals surface area (Å²) in [4.78, 5) is 4.45. The molecule has 2 rings (SSSR count). The lowest BCUT2D eigenvalue weighted by atomic mass is 10.1. The quantitative estimate of drug-likeness (QED) is 0.789. The zero-order valence-corrected chi connectivity index (χ0v) is 12.1. The fraction of sp³-hybridized carbons (Fsp3) is 0.438. The lowest BCUT2D eigenvalue weighted by Crippen LogP contribution is -2.11. The zero-order chi connectivity index (χ0) is 14.4. The average Bonchev–Trinajstić information content (AvgIpc) is 2.46. The van der Waals surface area contributed by atoms with E-state index in [1.807, 2.05) is 30.3 Å². The van der Waals surface area contributed by atoms with E-state index in [-0.39, 0.29) is 0 Å². The number of ether oxygens (including phenoxy) is 2. The molecule has 1 aromatic carbocycles. The number of hydrogen-bond acceptors (Lipinski definition) is 4. The summed E-state index contributed by atoms with van der Waals surface area (Å²) < 4.78 is 11.3. The number of hydrogen-bond donors (Lipinski definition) is 1. The summed E-state index contributed by atoms with van der Waals surface area (Å²) in [6.07, 6.45) is 0. The minimum atomic E-state index is 0.408. The number of rotatable bonds is 7. The minimum absolute atomic E-state index is 0.408. The summed E-state index contributed by atoms with van der Waals surface area (Å²) in [5.74, 6) is 1.17. The lowest BCUT2D eigenvalue weighted by Gasteiger charge is -2.11. The Morgan fingerprint density at radius 3 is 2.75 bits per heavy atom. The van der Waals surface area contributed by atoms with Gasteiger partial charge in [-0.2, -0.15) is 0 Å². The molecule has 2 aromatic rings. The number of benzene rings is 1. The highest BCUT2D eigenvalue weighted by Crippen LogP contribution is 2.24. The fourth-order valence-corrected chi connectivity index (χ4v) is 1.95. The van der Waals surface area contributed by atoms with Gasteiger partial charge in [-0.3, -0.25) is 0 Å². The van der Waals surface area contributed by atoms with Crippen LogP contribution in [0.4, 0.5) is 0 Å². The Morgan fingerprint density at radius 1 is 1.20 bits per heavy atom. The third-order valence-corrected chi connectivity index (χ3v) is 2.89. The third kappa shape index (κ3) is 3.92. The average molecular weight is 274 g/mol. The van der Waals surface area contributed by atoms with Crippen molar-refractivity contribution in [1.29, 1.82) is 0 Å². The first-order chi connectivity index (χ1) is 9.70. The Hall–Kier alpha value is -1.65. The lowest BCUT2D eigenvalue weighted by molar-refractivity contribution is 0.0810. The molecule has 0 bridgehead atoms. The molecule has 0 radical (unpaired) electrons. The second-order valence-corrected chi connectivity index (χ2v) is 5.16. The normalized spacial score (nSPS) is 11.2. The standard InChI is InChI=1S/C16H22N2O2/c1-12(2)11-19-7-8-20-16-15-6-4-3-5-13(15)9-14(10-17)18-16/h3-6,9,12H,7-8,10-11,17H2,1-2H3. The van der Waals surface area contributed by atoms with Crippen molar-refractivity contribution in [1.82, 2.24) is 4.98 Å². The molecule has 0 saturated heterocycles. The molecule has 0 amide bonds. The van der Waals surface area contributed by atoms with Gasteiger partial charge in [0.1, 0.15) is 6.61 Å². The Labute approximate surface area is 119 Å². The summed E-state index contributed by atoms with van der Waals surface area (Å²) in [5, 5.41) is 2.11. The van der Waals surface area contributed by atoms with Gasteiger partial charge in [-0.25, -0.2) is 4.98 Å². The van der Waals surface area contributed by atoms with Crippen LogP contribution >= 0.6 is 0 Å². The van der Waals surface area contributed by atoms with Crippen molar-refractivity contribution < 1.29 is 9.47 Å². The highest BCUT2D eigenvalue weighted by atomic mass is 16.5. The van der Waals surface area contributed by atoms with Crippen molar-refractivity contribution in [2.24, 2.45) is 11.7 Å². The van der Waals surface area contributed by atoms with E-state index in [9.17, 15) is 0 Å². The zero-order valence-electron chi connectivity index (χ0n) is 12.1. The number of fused-ring (bicyclic) bond motifs is 1. The number of nitrogens with zero attached hydrogens (tertiary/aromatic N) is 1. The van der Waals surface area contributed by atoms with Gasteiger partial charge in [0.15, 0.2) is 0 Å². The van der Waals surface area contributed by atoms with Gasteiger partial charge in [-0.05, 0) is 23.4 Å². The van der Waals surface area contributed by atoms with E-state index in [1.165, 1.54) is 0 Å². The molecule has 0 saturated carbocycles. The molecular weight excluding hydrogens is 252 g/mol. The summed E-state index contributed by atoms with van der Waals surface area (Å²) in [6.45, 7) is 6.48. The Bertz CT molecular complexity index is 555. The predicted molar refractivity (Wildman–Crippen MR) is 80.8 cm³/mol. The summed E-state index contributed by atoms with van der Waals surface area (Å²) in [5.41, 5.74) is 6.51. The Morgan fingerprint density at radius 2 is 2.00 bits per heavy atom. The molecule has 1 heterocycles. The SMILES string of the molecule is CC(C)COCCOc1nc(CN)cc2ccccc12. The largest absolute Gasteiger partial charge is 0.475 e. The number of pyridine rings is 1.